The first kappa shape index (κ1) is 28.3. The van der Waals surface area contributed by atoms with E-state index >= 15 is 0 Å². The third kappa shape index (κ3) is 4.76. The lowest BCUT2D eigenvalue weighted by molar-refractivity contribution is -0.152. The number of alkyl halides is 2. The van der Waals surface area contributed by atoms with Crippen molar-refractivity contribution in [1.29, 1.82) is 0 Å². The number of benzene rings is 2. The number of amides is 3. The molecule has 1 saturated heterocycles. The van der Waals surface area contributed by atoms with Crippen molar-refractivity contribution >= 4 is 29.2 Å². The van der Waals surface area contributed by atoms with E-state index in [-0.39, 0.29) is 24.4 Å². The highest BCUT2D eigenvalue weighted by atomic mass is 19.3. The fourth-order valence-electron chi connectivity index (χ4n) is 6.94. The molecular weight excluding hydrogens is 569 g/mol. The number of hydrogen-bond acceptors (Lipinski definition) is 4. The average molecular weight is 601 g/mol. The lowest BCUT2D eigenvalue weighted by Crippen LogP contribution is -2.58. The Labute approximate surface area is 253 Å². The van der Waals surface area contributed by atoms with Crippen LogP contribution in [0.15, 0.2) is 78.1 Å². The van der Waals surface area contributed by atoms with Gasteiger partial charge in [-0.05, 0) is 79.1 Å². The Balaban J connectivity index is 1.38. The van der Waals surface area contributed by atoms with Gasteiger partial charge < -0.3 is 4.90 Å². The Hall–Kier alpha value is -4.47. The van der Waals surface area contributed by atoms with Crippen LogP contribution in [0.1, 0.15) is 61.3 Å². The number of carbonyl (C=O) groups excluding carboxylic acids is 3. The highest BCUT2D eigenvalue weighted by Crippen LogP contribution is 2.48. The molecule has 10 heteroatoms. The smallest absolute Gasteiger partial charge is 0.254 e. The molecule has 44 heavy (non-hydrogen) atoms. The average Bonchev–Trinajstić information content (AvgIpc) is 3.36. The molecule has 226 valence electrons. The summed E-state index contributed by atoms with van der Waals surface area (Å²) in [5.74, 6) is -4.53. The molecule has 0 bridgehead atoms. The van der Waals surface area contributed by atoms with Crippen molar-refractivity contribution in [2.75, 3.05) is 9.80 Å². The molecule has 1 aromatic heterocycles. The molecule has 4 aliphatic rings. The lowest BCUT2D eigenvalue weighted by Gasteiger charge is -2.49. The molecule has 3 amide bonds. The van der Waals surface area contributed by atoms with Crippen LogP contribution in [-0.2, 0) is 20.8 Å². The number of aryl methyl sites for hydroxylation is 1. The van der Waals surface area contributed by atoms with Gasteiger partial charge in [0.1, 0.15) is 23.7 Å². The van der Waals surface area contributed by atoms with Gasteiger partial charge in [0, 0.05) is 42.9 Å². The zero-order chi connectivity index (χ0) is 30.7. The number of nitrogens with zero attached hydrogens (tertiary/aromatic N) is 4. The van der Waals surface area contributed by atoms with Crippen LogP contribution < -0.4 is 9.80 Å². The van der Waals surface area contributed by atoms with Crippen molar-refractivity contribution in [1.82, 2.24) is 9.88 Å². The first-order valence-corrected chi connectivity index (χ1v) is 14.9. The molecule has 0 N–H and O–H groups in total. The second kappa shape index (κ2) is 10.6. The van der Waals surface area contributed by atoms with Gasteiger partial charge in [0.25, 0.3) is 17.7 Å². The van der Waals surface area contributed by atoms with E-state index in [0.717, 1.165) is 28.8 Å². The Morgan fingerprint density at radius 1 is 0.977 bits per heavy atom. The molecule has 7 rings (SSSR count). The number of aromatic nitrogens is 1. The largest absolute Gasteiger partial charge is 0.311 e. The fourth-order valence-corrected chi connectivity index (χ4v) is 6.94. The molecule has 0 spiro atoms. The predicted molar refractivity (Wildman–Crippen MR) is 157 cm³/mol. The highest BCUT2D eigenvalue weighted by molar-refractivity contribution is 6.11. The monoisotopic (exact) mass is 600 g/mol. The van der Waals surface area contributed by atoms with Crippen LogP contribution in [0.25, 0.3) is 0 Å². The molecule has 7 nitrogen and oxygen atoms in total. The van der Waals surface area contributed by atoms with Gasteiger partial charge in [-0.1, -0.05) is 36.4 Å². The minimum atomic E-state index is -2.87. The number of halogens is 3. The van der Waals surface area contributed by atoms with E-state index in [9.17, 15) is 27.6 Å². The van der Waals surface area contributed by atoms with Gasteiger partial charge in [-0.2, -0.15) is 0 Å². The molecule has 2 atom stereocenters. The lowest BCUT2D eigenvalue weighted by atomic mass is 9.78. The summed E-state index contributed by atoms with van der Waals surface area (Å²) in [5, 5.41) is 0. The molecule has 2 unspecified atom stereocenters. The minimum Gasteiger partial charge on any atom is -0.311 e. The second-order valence-electron chi connectivity index (χ2n) is 12.2. The first-order chi connectivity index (χ1) is 21.1. The molecule has 2 fully saturated rings. The number of allylic oxidation sites excluding steroid dienone is 2. The van der Waals surface area contributed by atoms with Gasteiger partial charge in [0.05, 0.1) is 0 Å². The summed E-state index contributed by atoms with van der Waals surface area (Å²) in [4.78, 5) is 51.3. The maximum absolute atomic E-state index is 14.8. The van der Waals surface area contributed by atoms with Crippen molar-refractivity contribution < 1.29 is 27.6 Å². The van der Waals surface area contributed by atoms with E-state index in [1.165, 1.54) is 32.9 Å². The first-order valence-electron chi connectivity index (χ1n) is 14.9. The fraction of sp³-hybridized carbons (Fsp3) is 0.353. The molecule has 1 saturated carbocycles. The van der Waals surface area contributed by atoms with E-state index < -0.39 is 54.5 Å². The van der Waals surface area contributed by atoms with Gasteiger partial charge in [0.2, 0.25) is 5.91 Å². The number of pyridine rings is 1. The summed E-state index contributed by atoms with van der Waals surface area (Å²) in [6, 6.07) is 13.2. The Bertz CT molecular complexity index is 1700. The summed E-state index contributed by atoms with van der Waals surface area (Å²) in [5.41, 5.74) is 4.18. The van der Waals surface area contributed by atoms with E-state index in [1.54, 1.807) is 36.5 Å². The van der Waals surface area contributed by atoms with Crippen LogP contribution in [0.3, 0.4) is 0 Å². The third-order valence-corrected chi connectivity index (χ3v) is 9.24. The number of anilines is 2. The normalized spacial score (nSPS) is 22.9. The summed E-state index contributed by atoms with van der Waals surface area (Å²) in [6.07, 6.45) is 2.82. The van der Waals surface area contributed by atoms with E-state index in [4.69, 9.17) is 0 Å². The topological polar surface area (TPSA) is 73.8 Å². The van der Waals surface area contributed by atoms with Crippen LogP contribution in [0.5, 0.6) is 0 Å². The number of carbonyl (C=O) groups is 3. The maximum Gasteiger partial charge on any atom is 0.254 e. The molecule has 2 aromatic carbocycles. The predicted octanol–water partition coefficient (Wildman–Crippen LogP) is 6.03. The van der Waals surface area contributed by atoms with Crippen LogP contribution in [0.2, 0.25) is 0 Å². The van der Waals surface area contributed by atoms with Gasteiger partial charge in [0.15, 0.2) is 0 Å². The molecular formula is C34H31F3N4O3. The van der Waals surface area contributed by atoms with Crippen molar-refractivity contribution in [3.8, 4) is 0 Å². The van der Waals surface area contributed by atoms with Crippen LogP contribution >= 0.6 is 0 Å². The van der Waals surface area contributed by atoms with E-state index in [1.807, 2.05) is 19.1 Å². The van der Waals surface area contributed by atoms with Crippen molar-refractivity contribution in [2.45, 2.75) is 75.9 Å². The third-order valence-electron chi connectivity index (χ3n) is 9.24. The SMILES string of the molecule is Cc1ccc(N2C(=O)CCC2C(=O)N(c2cccc(F)c2)C2C(=O)N(C3CC(F)(F)C3)C3=C(CC3)Cc3ccccc32)nc1. The van der Waals surface area contributed by atoms with Gasteiger partial charge >= 0.3 is 0 Å². The Morgan fingerprint density at radius 2 is 1.77 bits per heavy atom. The van der Waals surface area contributed by atoms with Crippen LogP contribution in [0.4, 0.5) is 24.7 Å². The Kier molecular flexibility index (Phi) is 6.82. The Morgan fingerprint density at radius 3 is 2.45 bits per heavy atom. The summed E-state index contributed by atoms with van der Waals surface area (Å²) in [7, 11) is 0. The van der Waals surface area contributed by atoms with Crippen LogP contribution in [0, 0.1) is 12.7 Å². The van der Waals surface area contributed by atoms with E-state index in [2.05, 4.69) is 4.98 Å². The number of fused-ring (bicyclic) bond motifs is 1. The van der Waals surface area contributed by atoms with Crippen molar-refractivity contribution in [3.63, 3.8) is 0 Å². The summed E-state index contributed by atoms with van der Waals surface area (Å²) < 4.78 is 43.2. The van der Waals surface area contributed by atoms with Gasteiger partial charge in [-0.25, -0.2) is 18.2 Å². The van der Waals surface area contributed by atoms with Gasteiger partial charge in [-0.3, -0.25) is 24.2 Å². The second-order valence-corrected chi connectivity index (χ2v) is 12.2. The highest BCUT2D eigenvalue weighted by Gasteiger charge is 2.54. The van der Waals surface area contributed by atoms with Crippen molar-refractivity contribution in [2.24, 2.45) is 0 Å². The molecule has 0 radical (unpaired) electrons. The minimum absolute atomic E-state index is 0.0949. The molecule has 2 aliphatic carbocycles. The zero-order valence-corrected chi connectivity index (χ0v) is 24.2. The molecule has 2 aliphatic heterocycles. The van der Waals surface area contributed by atoms with Crippen molar-refractivity contribution in [3.05, 3.63) is 101 Å². The molecule has 3 aromatic rings. The van der Waals surface area contributed by atoms with Crippen LogP contribution in [-0.4, -0.2) is 45.6 Å². The number of hydrogen-bond donors (Lipinski definition) is 0. The maximum atomic E-state index is 14.8. The summed E-state index contributed by atoms with van der Waals surface area (Å²) in [6.45, 7) is 1.86. The number of rotatable bonds is 5. The summed E-state index contributed by atoms with van der Waals surface area (Å²) >= 11 is 0. The quantitative estimate of drug-likeness (QED) is 0.359. The van der Waals surface area contributed by atoms with E-state index in [0.29, 0.717) is 24.2 Å². The standard InChI is InChI=1S/C34H31F3N4O3/c1-20-9-13-29(38-19-20)41-28(12-14-30(41)42)32(43)40(24-7-4-6-23(35)16-24)31-26-8-3-2-5-21(26)15-22-10-11-27(22)39(33(31)44)25-17-34(36,37)18-25/h2-9,13,16,19,25,28,31H,10-12,14-15,17-18H2,1H3. The molecule has 3 heterocycles. The zero-order valence-electron chi connectivity index (χ0n) is 24.2. The van der Waals surface area contributed by atoms with Gasteiger partial charge in [-0.15, -0.1) is 0 Å².